The predicted molar refractivity (Wildman–Crippen MR) is 116 cm³/mol. The van der Waals surface area contributed by atoms with Gasteiger partial charge < -0.3 is 10.1 Å². The standard InChI is InChI=1S/C20H22N4O3S2/c1-4-17-22-20(29-24-17)23-19(26)15-11-16(28-12(15)2)13-7-5-6-8-14(13)18(25)21-9-10-27-3/h5-8,11H,4,9-10H2,1-3H3,(H,21,25)(H,22,23,24,26). The summed E-state index contributed by atoms with van der Waals surface area (Å²) in [6, 6.07) is 9.18. The molecular weight excluding hydrogens is 408 g/mol. The van der Waals surface area contributed by atoms with Crippen LogP contribution in [0.1, 0.15) is 38.3 Å². The first-order chi connectivity index (χ1) is 14.0. The number of hydrogen-bond acceptors (Lipinski definition) is 7. The largest absolute Gasteiger partial charge is 0.383 e. The first-order valence-electron chi connectivity index (χ1n) is 9.14. The van der Waals surface area contributed by atoms with Crippen molar-refractivity contribution in [2.75, 3.05) is 25.6 Å². The lowest BCUT2D eigenvalue weighted by Gasteiger charge is -2.08. The highest BCUT2D eigenvalue weighted by Crippen LogP contribution is 2.33. The lowest BCUT2D eigenvalue weighted by Crippen LogP contribution is -2.27. The van der Waals surface area contributed by atoms with Crippen molar-refractivity contribution in [3.63, 3.8) is 0 Å². The number of carbonyl (C=O) groups is 2. The number of ether oxygens (including phenoxy) is 1. The Balaban J connectivity index is 1.83. The Hall–Kier alpha value is -2.62. The third kappa shape index (κ3) is 5.06. The Morgan fingerprint density at radius 2 is 1.97 bits per heavy atom. The van der Waals surface area contributed by atoms with Crippen LogP contribution in [0.15, 0.2) is 30.3 Å². The fraction of sp³-hybridized carbons (Fsp3) is 0.300. The van der Waals surface area contributed by atoms with E-state index in [4.69, 9.17) is 4.74 Å². The first kappa shape index (κ1) is 21.1. The fourth-order valence-corrected chi connectivity index (χ4v) is 4.41. The van der Waals surface area contributed by atoms with Crippen molar-refractivity contribution in [3.8, 4) is 10.4 Å². The average molecular weight is 431 g/mol. The lowest BCUT2D eigenvalue weighted by molar-refractivity contribution is 0.0937. The van der Waals surface area contributed by atoms with Crippen LogP contribution in [-0.2, 0) is 11.2 Å². The van der Waals surface area contributed by atoms with Crippen molar-refractivity contribution in [1.29, 1.82) is 0 Å². The third-order valence-electron chi connectivity index (χ3n) is 4.20. The van der Waals surface area contributed by atoms with Gasteiger partial charge in [-0.2, -0.15) is 4.37 Å². The van der Waals surface area contributed by atoms with Crippen LogP contribution in [0, 0.1) is 6.92 Å². The van der Waals surface area contributed by atoms with Gasteiger partial charge in [0.1, 0.15) is 5.82 Å². The molecule has 0 atom stereocenters. The van der Waals surface area contributed by atoms with Crippen LogP contribution in [0.3, 0.4) is 0 Å². The summed E-state index contributed by atoms with van der Waals surface area (Å²) in [7, 11) is 1.59. The van der Waals surface area contributed by atoms with Crippen LogP contribution in [0.4, 0.5) is 5.13 Å². The minimum Gasteiger partial charge on any atom is -0.383 e. The maximum atomic E-state index is 12.7. The van der Waals surface area contributed by atoms with Crippen LogP contribution >= 0.6 is 22.9 Å². The number of aromatic nitrogens is 2. The van der Waals surface area contributed by atoms with Gasteiger partial charge in [0.15, 0.2) is 0 Å². The van der Waals surface area contributed by atoms with Crippen LogP contribution in [0.2, 0.25) is 0 Å². The SMILES string of the molecule is CCc1nsc(NC(=O)c2cc(-c3ccccc3C(=O)NCCOC)sc2C)n1. The minimum absolute atomic E-state index is 0.171. The molecule has 29 heavy (non-hydrogen) atoms. The molecule has 0 radical (unpaired) electrons. The number of hydrogen-bond donors (Lipinski definition) is 2. The van der Waals surface area contributed by atoms with E-state index in [1.54, 1.807) is 13.2 Å². The number of benzene rings is 1. The summed E-state index contributed by atoms with van der Waals surface area (Å²) in [5.41, 5.74) is 1.92. The molecule has 2 aromatic heterocycles. The van der Waals surface area contributed by atoms with E-state index in [0.29, 0.717) is 35.2 Å². The number of nitrogens with zero attached hydrogens (tertiary/aromatic N) is 2. The second-order valence-corrected chi connectivity index (χ2v) is 8.21. The zero-order valence-electron chi connectivity index (χ0n) is 16.4. The predicted octanol–water partition coefficient (Wildman–Crippen LogP) is 3.77. The number of amides is 2. The number of methoxy groups -OCH3 is 1. The van der Waals surface area contributed by atoms with Gasteiger partial charge >= 0.3 is 0 Å². The molecule has 0 spiro atoms. The Bertz CT molecular complexity index is 1010. The van der Waals surface area contributed by atoms with E-state index < -0.39 is 0 Å². The highest BCUT2D eigenvalue weighted by molar-refractivity contribution is 7.15. The topological polar surface area (TPSA) is 93.2 Å². The van der Waals surface area contributed by atoms with Crippen molar-refractivity contribution in [2.45, 2.75) is 20.3 Å². The Morgan fingerprint density at radius 3 is 2.69 bits per heavy atom. The van der Waals surface area contributed by atoms with Gasteiger partial charge in [-0.15, -0.1) is 11.3 Å². The summed E-state index contributed by atoms with van der Waals surface area (Å²) < 4.78 is 9.16. The van der Waals surface area contributed by atoms with Crippen molar-refractivity contribution < 1.29 is 14.3 Å². The van der Waals surface area contributed by atoms with Crippen LogP contribution in [-0.4, -0.2) is 41.4 Å². The lowest BCUT2D eigenvalue weighted by atomic mass is 10.0. The number of aryl methyl sites for hydroxylation is 2. The molecule has 0 aliphatic rings. The van der Waals surface area contributed by atoms with E-state index in [1.807, 2.05) is 38.1 Å². The van der Waals surface area contributed by atoms with E-state index in [9.17, 15) is 9.59 Å². The average Bonchev–Trinajstić information content (AvgIpc) is 3.34. The van der Waals surface area contributed by atoms with E-state index >= 15 is 0 Å². The molecule has 0 aliphatic carbocycles. The number of nitrogens with one attached hydrogen (secondary N) is 2. The van der Waals surface area contributed by atoms with Crippen molar-refractivity contribution in [2.24, 2.45) is 0 Å². The summed E-state index contributed by atoms with van der Waals surface area (Å²) >= 11 is 2.65. The fourth-order valence-electron chi connectivity index (χ4n) is 2.71. The van der Waals surface area contributed by atoms with E-state index in [2.05, 4.69) is 20.0 Å². The van der Waals surface area contributed by atoms with Crippen molar-refractivity contribution >= 4 is 39.8 Å². The van der Waals surface area contributed by atoms with Crippen molar-refractivity contribution in [3.05, 3.63) is 52.2 Å². The monoisotopic (exact) mass is 430 g/mol. The number of thiophene rings is 1. The zero-order valence-corrected chi connectivity index (χ0v) is 18.1. The smallest absolute Gasteiger partial charge is 0.258 e. The number of carbonyl (C=O) groups excluding carboxylic acids is 2. The molecule has 0 fully saturated rings. The quantitative estimate of drug-likeness (QED) is 0.531. The second-order valence-electron chi connectivity index (χ2n) is 6.20. The first-order valence-corrected chi connectivity index (χ1v) is 10.7. The van der Waals surface area contributed by atoms with Crippen molar-refractivity contribution in [1.82, 2.24) is 14.7 Å². The highest BCUT2D eigenvalue weighted by Gasteiger charge is 2.19. The summed E-state index contributed by atoms with van der Waals surface area (Å²) in [5, 5.41) is 6.14. The molecule has 3 rings (SSSR count). The van der Waals surface area contributed by atoms with Gasteiger partial charge in [-0.3, -0.25) is 14.9 Å². The van der Waals surface area contributed by atoms with E-state index in [1.165, 1.54) is 22.9 Å². The molecule has 152 valence electrons. The molecule has 0 bridgehead atoms. The summed E-state index contributed by atoms with van der Waals surface area (Å²) in [5.74, 6) is 0.308. The Kier molecular flexibility index (Phi) is 7.08. The molecule has 0 saturated carbocycles. The molecular formula is C20H22N4O3S2. The van der Waals surface area contributed by atoms with Gasteiger partial charge in [0.25, 0.3) is 11.8 Å². The number of rotatable bonds is 8. The third-order valence-corrected chi connectivity index (χ3v) is 5.95. The van der Waals surface area contributed by atoms with Crippen LogP contribution in [0.25, 0.3) is 10.4 Å². The maximum absolute atomic E-state index is 12.7. The minimum atomic E-state index is -0.231. The Morgan fingerprint density at radius 1 is 1.17 bits per heavy atom. The maximum Gasteiger partial charge on any atom is 0.258 e. The van der Waals surface area contributed by atoms with Gasteiger partial charge in [-0.1, -0.05) is 25.1 Å². The molecule has 2 amide bonds. The normalized spacial score (nSPS) is 10.7. The van der Waals surface area contributed by atoms with Gasteiger partial charge in [0.2, 0.25) is 5.13 Å². The molecule has 0 saturated heterocycles. The molecule has 0 aliphatic heterocycles. The molecule has 2 heterocycles. The van der Waals surface area contributed by atoms with Crippen LogP contribution in [0.5, 0.6) is 0 Å². The second kappa shape index (κ2) is 9.73. The van der Waals surface area contributed by atoms with Gasteiger partial charge in [0.05, 0.1) is 12.2 Å². The molecule has 3 aromatic rings. The summed E-state index contributed by atoms with van der Waals surface area (Å²) in [4.78, 5) is 31.3. The molecule has 0 unspecified atom stereocenters. The van der Waals surface area contributed by atoms with Gasteiger partial charge in [0, 0.05) is 52.5 Å². The molecule has 1 aromatic carbocycles. The Labute approximate surface area is 177 Å². The molecule has 2 N–H and O–H groups in total. The summed E-state index contributed by atoms with van der Waals surface area (Å²) in [6.07, 6.45) is 0.719. The molecule has 9 heteroatoms. The van der Waals surface area contributed by atoms with E-state index in [0.717, 1.165) is 21.7 Å². The van der Waals surface area contributed by atoms with Gasteiger partial charge in [-0.05, 0) is 19.1 Å². The van der Waals surface area contributed by atoms with E-state index in [-0.39, 0.29) is 11.8 Å². The van der Waals surface area contributed by atoms with Crippen LogP contribution < -0.4 is 10.6 Å². The highest BCUT2D eigenvalue weighted by atomic mass is 32.1. The zero-order chi connectivity index (χ0) is 20.8. The number of anilines is 1. The molecule has 7 nitrogen and oxygen atoms in total. The summed E-state index contributed by atoms with van der Waals surface area (Å²) in [6.45, 7) is 4.73. The van der Waals surface area contributed by atoms with Gasteiger partial charge in [-0.25, -0.2) is 4.98 Å².